The van der Waals surface area contributed by atoms with Gasteiger partial charge < -0.3 is 13.9 Å². The molecule has 6 nitrogen and oxygen atoms in total. The van der Waals surface area contributed by atoms with Crippen LogP contribution in [-0.2, 0) is 13.5 Å². The predicted octanol–water partition coefficient (Wildman–Crippen LogP) is 3.51. The molecule has 0 saturated carbocycles. The Bertz CT molecular complexity index is 1250. The summed E-state index contributed by atoms with van der Waals surface area (Å²) in [5.74, 6) is -0.594. The van der Waals surface area contributed by atoms with Crippen molar-refractivity contribution in [2.24, 2.45) is 7.05 Å². The third-order valence-electron chi connectivity index (χ3n) is 6.09. The van der Waals surface area contributed by atoms with E-state index in [1.165, 1.54) is 11.6 Å². The second-order valence-corrected chi connectivity index (χ2v) is 8.03. The molecule has 3 heterocycles. The minimum Gasteiger partial charge on any atom is -0.406 e. The summed E-state index contributed by atoms with van der Waals surface area (Å²) in [6, 6.07) is 10.8. The maximum atomic E-state index is 13.7. The van der Waals surface area contributed by atoms with Crippen molar-refractivity contribution in [1.29, 1.82) is 0 Å². The van der Waals surface area contributed by atoms with Gasteiger partial charge in [-0.05, 0) is 55.3 Å². The van der Waals surface area contributed by atoms with E-state index < -0.39 is 5.76 Å². The lowest BCUT2D eigenvalue weighted by molar-refractivity contribution is 0.255. The maximum Gasteiger partial charge on any atom is 0.417 e. The van der Waals surface area contributed by atoms with Gasteiger partial charge in [-0.3, -0.25) is 9.88 Å². The quantitative estimate of drug-likeness (QED) is 0.549. The third-order valence-corrected chi connectivity index (χ3v) is 6.09. The number of anilines is 1. The fourth-order valence-corrected chi connectivity index (χ4v) is 4.56. The number of fused-ring (bicyclic) bond motifs is 2. The molecule has 0 atom stereocenters. The summed E-state index contributed by atoms with van der Waals surface area (Å²) < 4.78 is 21.1. The van der Waals surface area contributed by atoms with Gasteiger partial charge in [0.25, 0.3) is 0 Å². The minimum atomic E-state index is -0.413. The molecule has 156 valence electrons. The number of H-pyrrole nitrogens is 1. The first-order chi connectivity index (χ1) is 14.6. The van der Waals surface area contributed by atoms with Crippen molar-refractivity contribution in [3.05, 3.63) is 64.5 Å². The Morgan fingerprint density at radius 2 is 1.97 bits per heavy atom. The Hall–Kier alpha value is -3.06. The Labute approximate surface area is 173 Å². The molecule has 1 aliphatic heterocycles. The number of benzene rings is 2. The number of aryl methyl sites for hydroxylation is 2. The summed E-state index contributed by atoms with van der Waals surface area (Å²) in [5.41, 5.74) is 4.64. The van der Waals surface area contributed by atoms with Crippen LogP contribution < -0.4 is 10.7 Å². The number of hydrogen-bond donors (Lipinski definition) is 1. The van der Waals surface area contributed by atoms with Crippen molar-refractivity contribution >= 4 is 27.7 Å². The average molecular weight is 408 g/mol. The summed E-state index contributed by atoms with van der Waals surface area (Å²) >= 11 is 0. The summed E-state index contributed by atoms with van der Waals surface area (Å²) in [7, 11) is 2.01. The first-order valence-corrected chi connectivity index (χ1v) is 10.4. The number of aromatic nitrogens is 2. The standard InChI is InChI=1S/C23H25FN4O2/c1-26-15-16(18-14-17(24)7-8-20(18)26)4-3-9-27-10-12-28(13-11-27)21-6-2-5-19-22(21)30-23(29)25-19/h2,5-8,14-15H,3-4,9-13H2,1H3,(H,25,29). The van der Waals surface area contributed by atoms with E-state index in [0.717, 1.165) is 67.7 Å². The molecule has 7 heteroatoms. The molecule has 5 rings (SSSR count). The summed E-state index contributed by atoms with van der Waals surface area (Å²) in [6.07, 6.45) is 4.10. The lowest BCUT2D eigenvalue weighted by atomic mass is 10.1. The highest BCUT2D eigenvalue weighted by Crippen LogP contribution is 2.26. The van der Waals surface area contributed by atoms with Gasteiger partial charge in [-0.25, -0.2) is 9.18 Å². The molecule has 1 aliphatic rings. The zero-order valence-corrected chi connectivity index (χ0v) is 17.0. The van der Waals surface area contributed by atoms with Crippen LogP contribution in [0.25, 0.3) is 22.0 Å². The number of aromatic amines is 1. The number of nitrogens with one attached hydrogen (secondary N) is 1. The molecule has 1 fully saturated rings. The third kappa shape index (κ3) is 3.50. The number of piperazine rings is 1. The van der Waals surface area contributed by atoms with Gasteiger partial charge in [0, 0.05) is 50.3 Å². The molecule has 2 aromatic heterocycles. The molecule has 2 aromatic carbocycles. The smallest absolute Gasteiger partial charge is 0.406 e. The van der Waals surface area contributed by atoms with Gasteiger partial charge in [-0.1, -0.05) is 6.07 Å². The molecule has 4 aromatic rings. The Morgan fingerprint density at radius 1 is 1.13 bits per heavy atom. The topological polar surface area (TPSA) is 57.4 Å². The number of para-hydroxylation sites is 1. The molecule has 1 saturated heterocycles. The summed E-state index contributed by atoms with van der Waals surface area (Å²) in [5, 5.41) is 1.02. The Kier molecular flexibility index (Phi) is 4.83. The minimum absolute atomic E-state index is 0.181. The van der Waals surface area contributed by atoms with Crippen LogP contribution in [0.3, 0.4) is 0 Å². The zero-order valence-electron chi connectivity index (χ0n) is 17.0. The van der Waals surface area contributed by atoms with Crippen LogP contribution in [0.1, 0.15) is 12.0 Å². The predicted molar refractivity (Wildman–Crippen MR) is 117 cm³/mol. The number of hydrogen-bond acceptors (Lipinski definition) is 4. The lowest BCUT2D eigenvalue weighted by Crippen LogP contribution is -2.46. The maximum absolute atomic E-state index is 13.7. The van der Waals surface area contributed by atoms with Crippen molar-refractivity contribution < 1.29 is 8.81 Å². The van der Waals surface area contributed by atoms with Crippen LogP contribution in [0.5, 0.6) is 0 Å². The molecule has 0 unspecified atom stereocenters. The van der Waals surface area contributed by atoms with E-state index in [0.29, 0.717) is 5.58 Å². The SMILES string of the molecule is Cn1cc(CCCN2CCN(c3cccc4[nH]c(=O)oc34)CC2)c2cc(F)ccc21. The molecule has 30 heavy (non-hydrogen) atoms. The normalized spacial score (nSPS) is 15.5. The summed E-state index contributed by atoms with van der Waals surface area (Å²) in [4.78, 5) is 19.0. The molecule has 0 aliphatic carbocycles. The van der Waals surface area contributed by atoms with Crippen molar-refractivity contribution in [3.8, 4) is 0 Å². The fraction of sp³-hybridized carbons (Fsp3) is 0.348. The van der Waals surface area contributed by atoms with Crippen molar-refractivity contribution in [2.75, 3.05) is 37.6 Å². The van der Waals surface area contributed by atoms with Gasteiger partial charge in [-0.15, -0.1) is 0 Å². The average Bonchev–Trinajstić information content (AvgIpc) is 3.27. The number of oxazole rings is 1. The van der Waals surface area contributed by atoms with Crippen molar-refractivity contribution in [1.82, 2.24) is 14.5 Å². The molecule has 0 amide bonds. The van der Waals surface area contributed by atoms with E-state index >= 15 is 0 Å². The largest absolute Gasteiger partial charge is 0.417 e. The van der Waals surface area contributed by atoms with E-state index in [4.69, 9.17) is 4.42 Å². The highest BCUT2D eigenvalue weighted by Gasteiger charge is 2.20. The van der Waals surface area contributed by atoms with E-state index in [9.17, 15) is 9.18 Å². The molecule has 1 N–H and O–H groups in total. The van der Waals surface area contributed by atoms with Gasteiger partial charge in [0.2, 0.25) is 0 Å². The fourth-order valence-electron chi connectivity index (χ4n) is 4.56. The van der Waals surface area contributed by atoms with Crippen LogP contribution in [-0.4, -0.2) is 47.2 Å². The zero-order chi connectivity index (χ0) is 20.7. The van der Waals surface area contributed by atoms with Crippen LogP contribution in [0.2, 0.25) is 0 Å². The highest BCUT2D eigenvalue weighted by atomic mass is 19.1. The number of rotatable bonds is 5. The Balaban J connectivity index is 1.19. The summed E-state index contributed by atoms with van der Waals surface area (Å²) in [6.45, 7) is 4.74. The van der Waals surface area contributed by atoms with Gasteiger partial charge in [0.1, 0.15) is 5.82 Å². The Morgan fingerprint density at radius 3 is 2.80 bits per heavy atom. The van der Waals surface area contributed by atoms with Crippen molar-refractivity contribution in [2.45, 2.75) is 12.8 Å². The van der Waals surface area contributed by atoms with Crippen LogP contribution in [0, 0.1) is 5.82 Å². The lowest BCUT2D eigenvalue weighted by Gasteiger charge is -2.36. The second kappa shape index (κ2) is 7.65. The van der Waals surface area contributed by atoms with E-state index in [-0.39, 0.29) is 5.82 Å². The van der Waals surface area contributed by atoms with Crippen LogP contribution >= 0.6 is 0 Å². The molecule has 0 bridgehead atoms. The monoisotopic (exact) mass is 408 g/mol. The van der Waals surface area contributed by atoms with E-state index in [2.05, 4.69) is 25.5 Å². The van der Waals surface area contributed by atoms with Gasteiger partial charge in [0.15, 0.2) is 5.58 Å². The first-order valence-electron chi connectivity index (χ1n) is 10.4. The van der Waals surface area contributed by atoms with Crippen LogP contribution in [0.4, 0.5) is 10.1 Å². The number of nitrogens with zero attached hydrogens (tertiary/aromatic N) is 3. The highest BCUT2D eigenvalue weighted by molar-refractivity contribution is 5.86. The molecular weight excluding hydrogens is 383 g/mol. The molecular formula is C23H25FN4O2. The van der Waals surface area contributed by atoms with Gasteiger partial charge in [-0.2, -0.15) is 0 Å². The molecule has 0 radical (unpaired) electrons. The number of halogens is 1. The van der Waals surface area contributed by atoms with E-state index in [1.54, 1.807) is 6.07 Å². The van der Waals surface area contributed by atoms with Crippen LogP contribution in [0.15, 0.2) is 51.8 Å². The second-order valence-electron chi connectivity index (χ2n) is 8.03. The van der Waals surface area contributed by atoms with Crippen molar-refractivity contribution in [3.63, 3.8) is 0 Å². The molecule has 0 spiro atoms. The van der Waals surface area contributed by atoms with E-state index in [1.807, 2.05) is 31.3 Å². The van der Waals surface area contributed by atoms with Gasteiger partial charge >= 0.3 is 5.76 Å². The van der Waals surface area contributed by atoms with Gasteiger partial charge in [0.05, 0.1) is 11.2 Å². The first kappa shape index (κ1) is 18.9.